The number of carbonyl (C=O) groups is 1. The number of carbonyl (C=O) groups excluding carboxylic acids is 1. The van der Waals surface area contributed by atoms with Crippen molar-refractivity contribution in [2.75, 3.05) is 13.7 Å². The maximum Gasteiger partial charge on any atom is 0.244 e. The van der Waals surface area contributed by atoms with Crippen molar-refractivity contribution in [1.82, 2.24) is 5.32 Å². The number of para-hydroxylation sites is 1. The standard InChI is InChI=1S/C24H27NO4/c1-6-28-23-17(4)24-20(16(3)14-29-24)12-19(23)15(2)11-22(26)25-13-18-9-7-8-10-21(18)27-5/h7-12,14H,6,13H2,1-5H3,(H,25,26)/b15-11+. The number of methoxy groups -OCH3 is 1. The van der Waals surface area contributed by atoms with Gasteiger partial charge in [-0.2, -0.15) is 0 Å². The fraction of sp³-hybridized carbons (Fsp3) is 0.292. The quantitative estimate of drug-likeness (QED) is 0.562. The summed E-state index contributed by atoms with van der Waals surface area (Å²) in [6, 6.07) is 9.67. The highest BCUT2D eigenvalue weighted by atomic mass is 16.5. The summed E-state index contributed by atoms with van der Waals surface area (Å²) in [6.07, 6.45) is 3.35. The summed E-state index contributed by atoms with van der Waals surface area (Å²) in [4.78, 5) is 12.5. The number of nitrogens with one attached hydrogen (secondary N) is 1. The van der Waals surface area contributed by atoms with Gasteiger partial charge in [0.2, 0.25) is 5.91 Å². The third-order valence-electron chi connectivity index (χ3n) is 4.94. The van der Waals surface area contributed by atoms with Gasteiger partial charge in [0.05, 0.1) is 20.0 Å². The van der Waals surface area contributed by atoms with Crippen LogP contribution < -0.4 is 14.8 Å². The highest BCUT2D eigenvalue weighted by Crippen LogP contribution is 2.37. The Kier molecular flexibility index (Phi) is 6.27. The van der Waals surface area contributed by atoms with E-state index in [9.17, 15) is 4.79 Å². The van der Waals surface area contributed by atoms with Crippen LogP contribution in [-0.2, 0) is 11.3 Å². The lowest BCUT2D eigenvalue weighted by molar-refractivity contribution is -0.116. The highest BCUT2D eigenvalue weighted by Gasteiger charge is 2.17. The largest absolute Gasteiger partial charge is 0.496 e. The minimum Gasteiger partial charge on any atom is -0.496 e. The molecular weight excluding hydrogens is 366 g/mol. The first-order valence-corrected chi connectivity index (χ1v) is 9.68. The van der Waals surface area contributed by atoms with Crippen LogP contribution in [0.1, 0.15) is 36.1 Å². The first kappa shape index (κ1) is 20.5. The molecule has 3 rings (SSSR count). The summed E-state index contributed by atoms with van der Waals surface area (Å²) in [5.74, 6) is 1.33. The Morgan fingerprint density at radius 1 is 1.24 bits per heavy atom. The first-order valence-electron chi connectivity index (χ1n) is 9.68. The van der Waals surface area contributed by atoms with E-state index in [-0.39, 0.29) is 5.91 Å². The third-order valence-corrected chi connectivity index (χ3v) is 4.94. The SMILES string of the molecule is CCOc1c(/C(C)=C/C(=O)NCc2ccccc2OC)cc2c(C)coc2c1C. The minimum absolute atomic E-state index is 0.169. The zero-order chi connectivity index (χ0) is 21.0. The molecule has 1 N–H and O–H groups in total. The molecule has 0 atom stereocenters. The van der Waals surface area contributed by atoms with Crippen LogP contribution in [0.5, 0.6) is 11.5 Å². The second-order valence-electron chi connectivity index (χ2n) is 6.96. The van der Waals surface area contributed by atoms with Crippen molar-refractivity contribution in [3.05, 3.63) is 64.9 Å². The first-order chi connectivity index (χ1) is 14.0. The summed E-state index contributed by atoms with van der Waals surface area (Å²) in [5, 5.41) is 3.96. The Morgan fingerprint density at radius 2 is 2.00 bits per heavy atom. The smallest absolute Gasteiger partial charge is 0.244 e. The molecule has 5 nitrogen and oxygen atoms in total. The average molecular weight is 393 g/mol. The number of rotatable bonds is 7. The molecule has 0 aliphatic rings. The summed E-state index contributed by atoms with van der Waals surface area (Å²) in [6.45, 7) is 8.78. The lowest BCUT2D eigenvalue weighted by Gasteiger charge is -2.15. The Labute approximate surface area is 171 Å². The molecule has 0 radical (unpaired) electrons. The van der Waals surface area contributed by atoms with Crippen LogP contribution in [0, 0.1) is 13.8 Å². The summed E-state index contributed by atoms with van der Waals surface area (Å²) in [7, 11) is 1.62. The van der Waals surface area contributed by atoms with Gasteiger partial charge < -0.3 is 19.2 Å². The lowest BCUT2D eigenvalue weighted by atomic mass is 9.98. The lowest BCUT2D eigenvalue weighted by Crippen LogP contribution is -2.21. The molecule has 0 fully saturated rings. The number of aryl methyl sites for hydroxylation is 2. The zero-order valence-electron chi connectivity index (χ0n) is 17.6. The number of amides is 1. The van der Waals surface area contributed by atoms with Crippen LogP contribution in [-0.4, -0.2) is 19.6 Å². The van der Waals surface area contributed by atoms with E-state index in [1.807, 2.05) is 58.0 Å². The third kappa shape index (κ3) is 4.29. The van der Waals surface area contributed by atoms with E-state index >= 15 is 0 Å². The maximum absolute atomic E-state index is 12.5. The van der Waals surface area contributed by atoms with E-state index in [1.165, 1.54) is 0 Å². The van der Waals surface area contributed by atoms with E-state index in [0.29, 0.717) is 13.2 Å². The average Bonchev–Trinajstić information content (AvgIpc) is 3.09. The van der Waals surface area contributed by atoms with Crippen molar-refractivity contribution in [1.29, 1.82) is 0 Å². The zero-order valence-corrected chi connectivity index (χ0v) is 17.6. The second kappa shape index (κ2) is 8.86. The van der Waals surface area contributed by atoms with Gasteiger partial charge in [0, 0.05) is 34.7 Å². The van der Waals surface area contributed by atoms with Gasteiger partial charge in [-0.25, -0.2) is 0 Å². The highest BCUT2D eigenvalue weighted by molar-refractivity contribution is 5.98. The van der Waals surface area contributed by atoms with Crippen molar-refractivity contribution in [3.8, 4) is 11.5 Å². The van der Waals surface area contributed by atoms with E-state index in [0.717, 1.165) is 50.3 Å². The molecule has 0 aliphatic heterocycles. The molecular formula is C24H27NO4. The second-order valence-corrected chi connectivity index (χ2v) is 6.96. The van der Waals surface area contributed by atoms with Gasteiger partial charge in [-0.1, -0.05) is 18.2 Å². The summed E-state index contributed by atoms with van der Waals surface area (Å²) in [5.41, 5.74) is 5.47. The van der Waals surface area contributed by atoms with Crippen LogP contribution >= 0.6 is 0 Å². The van der Waals surface area contributed by atoms with Crippen molar-refractivity contribution >= 4 is 22.4 Å². The number of hydrogen-bond acceptors (Lipinski definition) is 4. The van der Waals surface area contributed by atoms with Crippen LogP contribution in [0.3, 0.4) is 0 Å². The van der Waals surface area contributed by atoms with Gasteiger partial charge in [-0.3, -0.25) is 4.79 Å². The van der Waals surface area contributed by atoms with Gasteiger partial charge in [-0.15, -0.1) is 0 Å². The normalized spacial score (nSPS) is 11.6. The molecule has 5 heteroatoms. The Bertz CT molecular complexity index is 1060. The molecule has 152 valence electrons. The summed E-state index contributed by atoms with van der Waals surface area (Å²) < 4.78 is 16.9. The van der Waals surface area contributed by atoms with E-state index < -0.39 is 0 Å². The predicted molar refractivity (Wildman–Crippen MR) is 115 cm³/mol. The van der Waals surface area contributed by atoms with Crippen molar-refractivity contribution in [3.63, 3.8) is 0 Å². The Balaban J connectivity index is 1.88. The van der Waals surface area contributed by atoms with Crippen LogP contribution in [0.15, 0.2) is 47.1 Å². The number of furan rings is 1. The fourth-order valence-corrected chi connectivity index (χ4v) is 3.42. The topological polar surface area (TPSA) is 60.7 Å². The van der Waals surface area contributed by atoms with Crippen molar-refractivity contribution in [2.45, 2.75) is 34.2 Å². The molecule has 0 saturated carbocycles. The van der Waals surface area contributed by atoms with Gasteiger partial charge in [-0.05, 0) is 51.0 Å². The molecule has 0 unspecified atom stereocenters. The maximum atomic E-state index is 12.5. The molecule has 2 aromatic carbocycles. The number of hydrogen-bond donors (Lipinski definition) is 1. The number of allylic oxidation sites excluding steroid dienone is 1. The monoisotopic (exact) mass is 393 g/mol. The van der Waals surface area contributed by atoms with Crippen LogP contribution in [0.4, 0.5) is 0 Å². The molecule has 0 aliphatic carbocycles. The van der Waals surface area contributed by atoms with Crippen LogP contribution in [0.25, 0.3) is 16.5 Å². The number of ether oxygens (including phenoxy) is 2. The Hall–Kier alpha value is -3.21. The molecule has 0 bridgehead atoms. The van der Waals surface area contributed by atoms with E-state index in [4.69, 9.17) is 13.9 Å². The van der Waals surface area contributed by atoms with Gasteiger partial charge >= 0.3 is 0 Å². The molecule has 29 heavy (non-hydrogen) atoms. The van der Waals surface area contributed by atoms with Crippen LogP contribution in [0.2, 0.25) is 0 Å². The molecule has 0 saturated heterocycles. The van der Waals surface area contributed by atoms with Crippen molar-refractivity contribution < 1.29 is 18.7 Å². The number of benzene rings is 2. The molecule has 0 spiro atoms. The summed E-state index contributed by atoms with van der Waals surface area (Å²) >= 11 is 0. The fourth-order valence-electron chi connectivity index (χ4n) is 3.42. The number of fused-ring (bicyclic) bond motifs is 1. The predicted octanol–water partition coefficient (Wildman–Crippen LogP) is 5.18. The van der Waals surface area contributed by atoms with Crippen molar-refractivity contribution in [2.24, 2.45) is 0 Å². The van der Waals surface area contributed by atoms with Gasteiger partial charge in [0.15, 0.2) is 0 Å². The van der Waals surface area contributed by atoms with Gasteiger partial charge in [0.25, 0.3) is 0 Å². The molecule has 1 amide bonds. The minimum atomic E-state index is -0.169. The molecule has 1 aromatic heterocycles. The Morgan fingerprint density at radius 3 is 2.72 bits per heavy atom. The van der Waals surface area contributed by atoms with E-state index in [1.54, 1.807) is 19.4 Å². The molecule has 3 aromatic rings. The van der Waals surface area contributed by atoms with E-state index in [2.05, 4.69) is 5.32 Å². The van der Waals surface area contributed by atoms with Gasteiger partial charge in [0.1, 0.15) is 17.1 Å². The molecule has 1 heterocycles.